The van der Waals surface area contributed by atoms with Gasteiger partial charge in [0.15, 0.2) is 0 Å². The Labute approximate surface area is 59.2 Å². The van der Waals surface area contributed by atoms with Crippen molar-refractivity contribution in [2.24, 2.45) is 9.98 Å². The predicted molar refractivity (Wildman–Crippen MR) is 38.3 cm³/mol. The third-order valence-electron chi connectivity index (χ3n) is 1.51. The first-order valence-corrected chi connectivity index (χ1v) is 3.41. The van der Waals surface area contributed by atoms with Gasteiger partial charge in [0.05, 0.1) is 19.4 Å². The Hall–Kier alpha value is -1.06. The smallest absolute Gasteiger partial charge is 0.292 e. The fourth-order valence-electron chi connectivity index (χ4n) is 1.02. The van der Waals surface area contributed by atoms with Crippen LogP contribution in [0, 0.1) is 0 Å². The summed E-state index contributed by atoms with van der Waals surface area (Å²) in [5.41, 5.74) is 0. The van der Waals surface area contributed by atoms with Gasteiger partial charge >= 0.3 is 0 Å². The van der Waals surface area contributed by atoms with Crippen LogP contribution in [0.15, 0.2) is 9.98 Å². The van der Waals surface area contributed by atoms with Gasteiger partial charge in [-0.05, 0) is 0 Å². The van der Waals surface area contributed by atoms with Gasteiger partial charge in [0.25, 0.3) is 6.02 Å². The van der Waals surface area contributed by atoms with Crippen molar-refractivity contribution in [1.29, 1.82) is 0 Å². The van der Waals surface area contributed by atoms with Gasteiger partial charge in [-0.15, -0.1) is 0 Å². The molecule has 0 radical (unpaired) electrons. The molecular formula is C6H9N3O. The molecule has 0 saturated heterocycles. The summed E-state index contributed by atoms with van der Waals surface area (Å²) in [6.07, 6.45) is 1.78. The number of hydrogen-bond donors (Lipinski definition) is 0. The number of hydrogen-bond acceptors (Lipinski definition) is 4. The fraction of sp³-hybridized carbons (Fsp3) is 0.667. The highest BCUT2D eigenvalue weighted by molar-refractivity contribution is 5.87. The SMILES string of the molecule is C1=NCCN1C1=NCCO1. The molecule has 54 valence electrons. The van der Waals surface area contributed by atoms with E-state index in [0.717, 1.165) is 32.3 Å². The second-order valence-corrected chi connectivity index (χ2v) is 2.23. The molecule has 0 aromatic carbocycles. The van der Waals surface area contributed by atoms with Crippen molar-refractivity contribution in [3.8, 4) is 0 Å². The lowest BCUT2D eigenvalue weighted by atomic mass is 10.6. The van der Waals surface area contributed by atoms with Gasteiger partial charge < -0.3 is 4.74 Å². The number of rotatable bonds is 0. The van der Waals surface area contributed by atoms with Crippen LogP contribution in [0.3, 0.4) is 0 Å². The number of amidine groups is 1. The molecule has 0 spiro atoms. The largest absolute Gasteiger partial charge is 0.463 e. The van der Waals surface area contributed by atoms with Crippen molar-refractivity contribution < 1.29 is 4.74 Å². The Kier molecular flexibility index (Phi) is 1.30. The molecule has 10 heavy (non-hydrogen) atoms. The highest BCUT2D eigenvalue weighted by Crippen LogP contribution is 2.01. The molecule has 4 heteroatoms. The summed E-state index contributed by atoms with van der Waals surface area (Å²) in [6.45, 7) is 3.29. The molecule has 0 aromatic rings. The average Bonchev–Trinajstić information content (AvgIpc) is 2.59. The van der Waals surface area contributed by atoms with E-state index < -0.39 is 0 Å². The van der Waals surface area contributed by atoms with Gasteiger partial charge in [-0.25, -0.2) is 4.99 Å². The quantitative estimate of drug-likeness (QED) is 0.462. The molecular weight excluding hydrogens is 130 g/mol. The third kappa shape index (κ3) is 0.853. The van der Waals surface area contributed by atoms with Gasteiger partial charge in [-0.1, -0.05) is 0 Å². The van der Waals surface area contributed by atoms with E-state index in [1.165, 1.54) is 0 Å². The van der Waals surface area contributed by atoms with E-state index in [1.807, 2.05) is 4.90 Å². The van der Waals surface area contributed by atoms with Crippen LogP contribution in [0.4, 0.5) is 0 Å². The Morgan fingerprint density at radius 1 is 1.50 bits per heavy atom. The first-order valence-electron chi connectivity index (χ1n) is 3.41. The van der Waals surface area contributed by atoms with E-state index in [4.69, 9.17) is 4.74 Å². The minimum atomic E-state index is 0.722. The zero-order valence-electron chi connectivity index (χ0n) is 5.66. The molecule has 0 atom stereocenters. The first-order chi connectivity index (χ1) is 4.97. The van der Waals surface area contributed by atoms with Crippen molar-refractivity contribution in [3.05, 3.63) is 0 Å². The van der Waals surface area contributed by atoms with Crippen LogP contribution in [0.25, 0.3) is 0 Å². The predicted octanol–water partition coefficient (Wildman–Crippen LogP) is -0.284. The second-order valence-electron chi connectivity index (χ2n) is 2.23. The van der Waals surface area contributed by atoms with E-state index in [1.54, 1.807) is 6.34 Å². The third-order valence-corrected chi connectivity index (χ3v) is 1.51. The molecule has 2 aliphatic heterocycles. The Morgan fingerprint density at radius 2 is 2.50 bits per heavy atom. The van der Waals surface area contributed by atoms with Crippen LogP contribution < -0.4 is 0 Å². The molecule has 0 N–H and O–H groups in total. The number of aliphatic imine (C=N–C) groups is 2. The van der Waals surface area contributed by atoms with Gasteiger partial charge in [0, 0.05) is 6.54 Å². The molecule has 0 aliphatic carbocycles. The van der Waals surface area contributed by atoms with Gasteiger partial charge in [-0.3, -0.25) is 9.89 Å². The number of ether oxygens (including phenoxy) is 1. The van der Waals surface area contributed by atoms with Crippen LogP contribution in [-0.2, 0) is 4.74 Å². The molecule has 0 unspecified atom stereocenters. The maximum absolute atomic E-state index is 5.22. The first kappa shape index (κ1) is 5.70. The second kappa shape index (κ2) is 2.28. The summed E-state index contributed by atoms with van der Waals surface area (Å²) in [5, 5.41) is 0. The molecule has 2 aliphatic rings. The normalized spacial score (nSPS) is 23.2. The zero-order chi connectivity index (χ0) is 6.81. The lowest BCUT2D eigenvalue weighted by Crippen LogP contribution is -2.27. The van der Waals surface area contributed by atoms with Gasteiger partial charge in [0.2, 0.25) is 0 Å². The molecule has 2 heterocycles. The number of nitrogens with zero attached hydrogens (tertiary/aromatic N) is 3. The molecule has 2 rings (SSSR count). The molecule has 0 fully saturated rings. The van der Waals surface area contributed by atoms with Crippen molar-refractivity contribution in [2.75, 3.05) is 26.2 Å². The van der Waals surface area contributed by atoms with E-state index in [9.17, 15) is 0 Å². The summed E-state index contributed by atoms with van der Waals surface area (Å²) in [6, 6.07) is 0.737. The minimum Gasteiger partial charge on any atom is -0.463 e. The van der Waals surface area contributed by atoms with E-state index in [2.05, 4.69) is 9.98 Å². The van der Waals surface area contributed by atoms with E-state index in [0.29, 0.717) is 0 Å². The monoisotopic (exact) mass is 139 g/mol. The Bertz CT molecular complexity index is 187. The lowest BCUT2D eigenvalue weighted by Gasteiger charge is -2.11. The van der Waals surface area contributed by atoms with E-state index >= 15 is 0 Å². The van der Waals surface area contributed by atoms with Gasteiger partial charge in [-0.2, -0.15) is 0 Å². The van der Waals surface area contributed by atoms with Crippen molar-refractivity contribution in [3.63, 3.8) is 0 Å². The average molecular weight is 139 g/mol. The Balaban J connectivity index is 2.04. The summed E-state index contributed by atoms with van der Waals surface area (Å²) in [7, 11) is 0. The zero-order valence-corrected chi connectivity index (χ0v) is 5.66. The molecule has 0 aromatic heterocycles. The van der Waals surface area contributed by atoms with Crippen molar-refractivity contribution in [1.82, 2.24) is 4.90 Å². The maximum atomic E-state index is 5.22. The van der Waals surface area contributed by atoms with E-state index in [-0.39, 0.29) is 0 Å². The summed E-state index contributed by atoms with van der Waals surface area (Å²) < 4.78 is 5.22. The lowest BCUT2D eigenvalue weighted by molar-refractivity contribution is 0.308. The van der Waals surface area contributed by atoms with Crippen LogP contribution in [0.2, 0.25) is 0 Å². The minimum absolute atomic E-state index is 0.722. The highest BCUT2D eigenvalue weighted by Gasteiger charge is 2.16. The summed E-state index contributed by atoms with van der Waals surface area (Å²) in [4.78, 5) is 10.1. The summed E-state index contributed by atoms with van der Waals surface area (Å²) in [5.74, 6) is 0. The summed E-state index contributed by atoms with van der Waals surface area (Å²) >= 11 is 0. The van der Waals surface area contributed by atoms with Gasteiger partial charge in [0.1, 0.15) is 6.61 Å². The molecule has 4 nitrogen and oxygen atoms in total. The van der Waals surface area contributed by atoms with Crippen LogP contribution in [0.1, 0.15) is 0 Å². The topological polar surface area (TPSA) is 37.2 Å². The highest BCUT2D eigenvalue weighted by atomic mass is 16.5. The maximum Gasteiger partial charge on any atom is 0.292 e. The Morgan fingerprint density at radius 3 is 3.10 bits per heavy atom. The molecule has 0 bridgehead atoms. The molecule has 0 amide bonds. The van der Waals surface area contributed by atoms with Crippen LogP contribution >= 0.6 is 0 Å². The fourth-order valence-corrected chi connectivity index (χ4v) is 1.02. The van der Waals surface area contributed by atoms with Crippen molar-refractivity contribution in [2.45, 2.75) is 0 Å². The van der Waals surface area contributed by atoms with Crippen LogP contribution in [-0.4, -0.2) is 43.5 Å². The van der Waals surface area contributed by atoms with Crippen LogP contribution in [0.5, 0.6) is 0 Å². The molecule has 0 saturated carbocycles. The standard InChI is InChI=1S/C6H9N3O/c1-3-9(5-7-1)6-8-2-4-10-6/h5H,1-4H2. The van der Waals surface area contributed by atoms with Crippen molar-refractivity contribution >= 4 is 12.4 Å².